The van der Waals surface area contributed by atoms with Crippen LogP contribution in [0, 0.1) is 5.41 Å². The Labute approximate surface area is 177 Å². The number of nitrogens with zero attached hydrogens (tertiary/aromatic N) is 2. The van der Waals surface area contributed by atoms with E-state index >= 15 is 0 Å². The molecule has 0 unspecified atom stereocenters. The third-order valence-corrected chi connectivity index (χ3v) is 5.30. The van der Waals surface area contributed by atoms with E-state index in [1.165, 1.54) is 18.9 Å². The van der Waals surface area contributed by atoms with Gasteiger partial charge in [0, 0.05) is 11.1 Å². The van der Waals surface area contributed by atoms with Crippen molar-refractivity contribution in [2.75, 3.05) is 7.11 Å². The van der Waals surface area contributed by atoms with E-state index in [4.69, 9.17) is 14.9 Å². The van der Waals surface area contributed by atoms with Crippen LogP contribution < -0.4 is 9.47 Å². The lowest BCUT2D eigenvalue weighted by atomic mass is 10.1. The highest BCUT2D eigenvalue weighted by Gasteiger charge is 2.32. The van der Waals surface area contributed by atoms with E-state index in [0.29, 0.717) is 27.8 Å². The Hall–Kier alpha value is -3.65. The maximum absolute atomic E-state index is 12.3. The second-order valence-corrected chi connectivity index (χ2v) is 7.72. The van der Waals surface area contributed by atoms with Crippen LogP contribution in [-0.2, 0) is 4.79 Å². The van der Waals surface area contributed by atoms with Gasteiger partial charge in [0.25, 0.3) is 5.91 Å². The average molecular weight is 419 g/mol. The first-order chi connectivity index (χ1) is 14.4. The number of carbonyl (C=O) groups excluding carboxylic acids is 2. The van der Waals surface area contributed by atoms with Crippen LogP contribution in [0.1, 0.15) is 22.8 Å². The summed E-state index contributed by atoms with van der Waals surface area (Å²) in [5.74, 6) is 0.0705. The Morgan fingerprint density at radius 2 is 1.93 bits per heavy atom. The summed E-state index contributed by atoms with van der Waals surface area (Å²) in [6, 6.07) is 13.4. The molecule has 2 aromatic rings. The molecule has 2 aliphatic rings. The van der Waals surface area contributed by atoms with E-state index in [1.807, 2.05) is 6.92 Å². The molecule has 0 spiro atoms. The second-order valence-electron chi connectivity index (χ2n) is 6.51. The molecule has 0 radical (unpaired) electrons. The van der Waals surface area contributed by atoms with Crippen LogP contribution in [-0.4, -0.2) is 34.9 Å². The van der Waals surface area contributed by atoms with Gasteiger partial charge >= 0.3 is 5.97 Å². The number of carbonyl (C=O) groups is 2. The van der Waals surface area contributed by atoms with E-state index in [-0.39, 0.29) is 11.4 Å². The quantitative estimate of drug-likeness (QED) is 0.456. The number of thioether (sulfide) groups is 1. The Morgan fingerprint density at radius 3 is 2.67 bits per heavy atom. The summed E-state index contributed by atoms with van der Waals surface area (Å²) >= 11 is 1.37. The number of ether oxygens (including phenoxy) is 2. The molecule has 2 aromatic carbocycles. The van der Waals surface area contributed by atoms with Gasteiger partial charge in [-0.1, -0.05) is 30.0 Å². The van der Waals surface area contributed by atoms with Crippen molar-refractivity contribution in [3.63, 3.8) is 0 Å². The van der Waals surface area contributed by atoms with E-state index < -0.39 is 11.9 Å². The Kier molecular flexibility index (Phi) is 5.24. The first kappa shape index (κ1) is 19.7. The predicted molar refractivity (Wildman–Crippen MR) is 116 cm³/mol. The van der Waals surface area contributed by atoms with Crippen molar-refractivity contribution >= 4 is 40.7 Å². The highest BCUT2D eigenvalue weighted by Crippen LogP contribution is 2.32. The number of methoxy groups -OCH3 is 1. The van der Waals surface area contributed by atoms with Crippen molar-refractivity contribution in [1.82, 2.24) is 4.90 Å². The highest BCUT2D eigenvalue weighted by atomic mass is 32.2. The third kappa shape index (κ3) is 3.90. The van der Waals surface area contributed by atoms with Gasteiger partial charge in [-0.05, 0) is 48.9 Å². The fraction of sp³-hybridized carbons (Fsp3) is 0.0909. The molecule has 2 aliphatic heterocycles. The molecular formula is C22H17N3O4S. The normalized spacial score (nSPS) is 16.9. The number of esters is 1. The lowest BCUT2D eigenvalue weighted by molar-refractivity contribution is -0.114. The number of amidine groups is 2. The first-order valence-corrected chi connectivity index (χ1v) is 9.81. The molecule has 7 nitrogen and oxygen atoms in total. The first-order valence-electron chi connectivity index (χ1n) is 9.00. The van der Waals surface area contributed by atoms with Crippen molar-refractivity contribution in [3.05, 3.63) is 76.3 Å². The number of hydrogen-bond acceptors (Lipinski definition) is 6. The van der Waals surface area contributed by atoms with Gasteiger partial charge in [-0.3, -0.25) is 15.1 Å². The van der Waals surface area contributed by atoms with Crippen LogP contribution in [0.25, 0.3) is 6.08 Å². The lowest BCUT2D eigenvalue weighted by Crippen LogP contribution is -2.35. The number of fused-ring (bicyclic) bond motifs is 1. The van der Waals surface area contributed by atoms with Crippen LogP contribution in [0.15, 0.2) is 70.2 Å². The van der Waals surface area contributed by atoms with Gasteiger partial charge in [-0.15, -0.1) is 0 Å². The minimum absolute atomic E-state index is 0.0860. The summed E-state index contributed by atoms with van der Waals surface area (Å²) in [5.41, 5.74) is 1.27. The zero-order chi connectivity index (χ0) is 21.3. The average Bonchev–Trinajstić information content (AvgIpc) is 3.12. The standard InChI is InChI=1S/C22H17N3O4S/c1-13-12-25-19(23)18(20(26)24-22(25)30-13)10-14-6-8-16(9-7-14)29-21(27)15-4-3-5-17(11-15)28-2/h3-12,23H,1-2H3/b18-10-,23-19?. The number of amides is 1. The van der Waals surface area contributed by atoms with Crippen molar-refractivity contribution in [2.45, 2.75) is 6.92 Å². The molecule has 0 aromatic heterocycles. The third-order valence-electron chi connectivity index (χ3n) is 4.40. The van der Waals surface area contributed by atoms with Gasteiger partial charge in [0.1, 0.15) is 17.3 Å². The fourth-order valence-corrected chi connectivity index (χ4v) is 3.73. The van der Waals surface area contributed by atoms with Gasteiger partial charge in [0.15, 0.2) is 5.17 Å². The van der Waals surface area contributed by atoms with E-state index in [0.717, 1.165) is 4.91 Å². The van der Waals surface area contributed by atoms with Crippen LogP contribution >= 0.6 is 11.8 Å². The van der Waals surface area contributed by atoms with Crippen molar-refractivity contribution in [1.29, 1.82) is 5.41 Å². The van der Waals surface area contributed by atoms with Gasteiger partial charge < -0.3 is 9.47 Å². The fourth-order valence-electron chi connectivity index (χ4n) is 2.92. The summed E-state index contributed by atoms with van der Waals surface area (Å²) in [7, 11) is 1.53. The molecule has 0 atom stereocenters. The second kappa shape index (κ2) is 8.00. The molecule has 8 heteroatoms. The maximum Gasteiger partial charge on any atom is 0.343 e. The van der Waals surface area contributed by atoms with Crippen LogP contribution in [0.4, 0.5) is 0 Å². The molecule has 0 saturated heterocycles. The zero-order valence-electron chi connectivity index (χ0n) is 16.2. The Balaban J connectivity index is 1.50. The maximum atomic E-state index is 12.3. The SMILES string of the molecule is COc1cccc(C(=O)Oc2ccc(/C=C3/C(=N)N4C=C(C)SC4=NC3=O)cc2)c1. The number of nitrogens with one attached hydrogen (secondary N) is 1. The summed E-state index contributed by atoms with van der Waals surface area (Å²) in [6.07, 6.45) is 3.39. The molecule has 4 rings (SSSR count). The summed E-state index contributed by atoms with van der Waals surface area (Å²) in [4.78, 5) is 31.3. The van der Waals surface area contributed by atoms with Crippen molar-refractivity contribution < 1.29 is 19.1 Å². The zero-order valence-corrected chi connectivity index (χ0v) is 17.0. The molecule has 1 amide bonds. The topological polar surface area (TPSA) is 92.1 Å². The lowest BCUT2D eigenvalue weighted by Gasteiger charge is -2.22. The Bertz CT molecular complexity index is 1150. The minimum atomic E-state index is -0.500. The largest absolute Gasteiger partial charge is 0.497 e. The molecular weight excluding hydrogens is 402 g/mol. The molecule has 0 aliphatic carbocycles. The molecule has 0 fully saturated rings. The van der Waals surface area contributed by atoms with E-state index in [1.54, 1.807) is 65.7 Å². The van der Waals surface area contributed by atoms with Gasteiger partial charge in [0.2, 0.25) is 0 Å². The van der Waals surface area contributed by atoms with Gasteiger partial charge in [0.05, 0.1) is 18.2 Å². The van der Waals surface area contributed by atoms with Crippen LogP contribution in [0.5, 0.6) is 11.5 Å². The van der Waals surface area contributed by atoms with Gasteiger partial charge in [-0.25, -0.2) is 4.79 Å². The smallest absolute Gasteiger partial charge is 0.343 e. The van der Waals surface area contributed by atoms with E-state index in [2.05, 4.69) is 4.99 Å². The number of allylic oxidation sites excluding steroid dienone is 1. The highest BCUT2D eigenvalue weighted by molar-refractivity contribution is 8.17. The monoisotopic (exact) mass is 419 g/mol. The number of rotatable bonds is 4. The summed E-state index contributed by atoms with van der Waals surface area (Å²) in [6.45, 7) is 1.90. The van der Waals surface area contributed by atoms with Crippen LogP contribution in [0.3, 0.4) is 0 Å². The molecule has 30 heavy (non-hydrogen) atoms. The molecule has 0 bridgehead atoms. The van der Waals surface area contributed by atoms with Crippen molar-refractivity contribution in [2.24, 2.45) is 4.99 Å². The van der Waals surface area contributed by atoms with Gasteiger partial charge in [-0.2, -0.15) is 4.99 Å². The molecule has 1 N–H and O–H groups in total. The summed E-state index contributed by atoms with van der Waals surface area (Å²) < 4.78 is 10.5. The van der Waals surface area contributed by atoms with E-state index in [9.17, 15) is 9.59 Å². The summed E-state index contributed by atoms with van der Waals surface area (Å²) in [5, 5.41) is 8.82. The molecule has 2 heterocycles. The molecule has 150 valence electrons. The van der Waals surface area contributed by atoms with Crippen LogP contribution in [0.2, 0.25) is 0 Å². The Morgan fingerprint density at radius 1 is 1.17 bits per heavy atom. The molecule has 0 saturated carbocycles. The minimum Gasteiger partial charge on any atom is -0.497 e. The number of hydrogen-bond donors (Lipinski definition) is 1. The number of benzene rings is 2. The van der Waals surface area contributed by atoms with Crippen molar-refractivity contribution in [3.8, 4) is 11.5 Å². The number of aliphatic imine (C=N–C) groups is 1. The predicted octanol–water partition coefficient (Wildman–Crippen LogP) is 4.08.